The van der Waals surface area contributed by atoms with Crippen LogP contribution < -0.4 is 4.74 Å². The van der Waals surface area contributed by atoms with Crippen LogP contribution in [0.1, 0.15) is 50.1 Å². The summed E-state index contributed by atoms with van der Waals surface area (Å²) in [6.45, 7) is 5.30. The van der Waals surface area contributed by atoms with E-state index >= 15 is 0 Å². The molecule has 1 aliphatic heterocycles. The Balaban J connectivity index is 1.35. The molecule has 1 saturated carbocycles. The highest BCUT2D eigenvalue weighted by Crippen LogP contribution is 2.35. The van der Waals surface area contributed by atoms with Crippen LogP contribution in [0.3, 0.4) is 0 Å². The van der Waals surface area contributed by atoms with Crippen molar-refractivity contribution in [2.45, 2.75) is 45.2 Å². The SMILES string of the molecule is Cc1ccc(OCC2c3ccsc3CCN2C(=O)CN(C(=O)c2cccs2)C2CC2)c(C)c1. The number of thiophene rings is 2. The average molecular weight is 481 g/mol. The number of carbonyl (C=O) groups is 2. The van der Waals surface area contributed by atoms with Gasteiger partial charge in [-0.2, -0.15) is 0 Å². The van der Waals surface area contributed by atoms with E-state index in [2.05, 4.69) is 24.4 Å². The standard InChI is InChI=1S/C26H28N2O3S2/c1-17-5-8-22(18(2)14-17)31-16-21-20-10-13-33-23(20)9-11-27(21)25(29)15-28(19-6-7-19)26(30)24-4-3-12-32-24/h3-5,8,10,12-14,19,21H,6-7,9,11,15-16H2,1-2H3. The third-order valence-electron chi connectivity index (χ3n) is 6.43. The smallest absolute Gasteiger partial charge is 0.264 e. The zero-order valence-electron chi connectivity index (χ0n) is 19.0. The minimum absolute atomic E-state index is 0.00196. The molecule has 1 atom stereocenters. The van der Waals surface area contributed by atoms with E-state index in [0.717, 1.165) is 30.6 Å². The molecule has 1 aliphatic carbocycles. The summed E-state index contributed by atoms with van der Waals surface area (Å²) in [7, 11) is 0. The molecule has 33 heavy (non-hydrogen) atoms. The lowest BCUT2D eigenvalue weighted by Gasteiger charge is -2.37. The first-order valence-electron chi connectivity index (χ1n) is 11.4. The second kappa shape index (κ2) is 9.31. The molecule has 1 aromatic carbocycles. The first-order chi connectivity index (χ1) is 16.0. The van der Waals surface area contributed by atoms with Crippen molar-refractivity contribution in [3.63, 3.8) is 0 Å². The molecular formula is C26H28N2O3S2. The number of nitrogens with zero attached hydrogens (tertiary/aromatic N) is 2. The minimum atomic E-state index is -0.147. The Bertz CT molecular complexity index is 1150. The summed E-state index contributed by atoms with van der Waals surface area (Å²) in [4.78, 5) is 32.3. The van der Waals surface area contributed by atoms with Crippen molar-refractivity contribution in [1.82, 2.24) is 9.80 Å². The molecule has 0 bridgehead atoms. The van der Waals surface area contributed by atoms with Crippen LogP contribution in [0.4, 0.5) is 0 Å². The molecule has 3 aromatic rings. The summed E-state index contributed by atoms with van der Waals surface area (Å²) in [5, 5.41) is 4.00. The van der Waals surface area contributed by atoms with E-state index in [0.29, 0.717) is 18.0 Å². The molecule has 1 unspecified atom stereocenters. The first-order valence-corrected chi connectivity index (χ1v) is 13.2. The fourth-order valence-electron chi connectivity index (χ4n) is 4.54. The van der Waals surface area contributed by atoms with E-state index in [-0.39, 0.29) is 30.4 Å². The van der Waals surface area contributed by atoms with Crippen LogP contribution >= 0.6 is 22.7 Å². The highest BCUT2D eigenvalue weighted by molar-refractivity contribution is 7.12. The molecule has 0 spiro atoms. The van der Waals surface area contributed by atoms with Crippen LogP contribution in [-0.4, -0.2) is 47.4 Å². The van der Waals surface area contributed by atoms with Crippen LogP contribution in [0.2, 0.25) is 0 Å². The third-order valence-corrected chi connectivity index (χ3v) is 8.28. The van der Waals surface area contributed by atoms with Gasteiger partial charge in [0, 0.05) is 17.5 Å². The van der Waals surface area contributed by atoms with Crippen molar-refractivity contribution in [1.29, 1.82) is 0 Å². The molecule has 5 nitrogen and oxygen atoms in total. The topological polar surface area (TPSA) is 49.9 Å². The van der Waals surface area contributed by atoms with E-state index in [9.17, 15) is 9.59 Å². The number of benzene rings is 1. The normalized spacial score (nSPS) is 17.5. The van der Waals surface area contributed by atoms with Gasteiger partial charge in [-0.3, -0.25) is 9.59 Å². The number of hydrogen-bond donors (Lipinski definition) is 0. The summed E-state index contributed by atoms with van der Waals surface area (Å²) in [5.41, 5.74) is 3.47. The fraction of sp³-hybridized carbons (Fsp3) is 0.385. The van der Waals surface area contributed by atoms with Gasteiger partial charge in [-0.15, -0.1) is 22.7 Å². The van der Waals surface area contributed by atoms with Gasteiger partial charge in [-0.1, -0.05) is 23.8 Å². The number of amides is 2. The van der Waals surface area contributed by atoms with E-state index in [1.54, 1.807) is 16.2 Å². The molecule has 2 aliphatic rings. The van der Waals surface area contributed by atoms with Crippen molar-refractivity contribution in [3.05, 3.63) is 73.6 Å². The molecule has 7 heteroatoms. The second-order valence-electron chi connectivity index (χ2n) is 8.87. The van der Waals surface area contributed by atoms with E-state index in [1.807, 2.05) is 41.5 Å². The number of rotatable bonds is 7. The number of hydrogen-bond acceptors (Lipinski definition) is 5. The molecular weight excluding hydrogens is 452 g/mol. The second-order valence-corrected chi connectivity index (χ2v) is 10.8. The highest BCUT2D eigenvalue weighted by atomic mass is 32.1. The van der Waals surface area contributed by atoms with Gasteiger partial charge < -0.3 is 14.5 Å². The monoisotopic (exact) mass is 480 g/mol. The number of fused-ring (bicyclic) bond motifs is 1. The number of carbonyl (C=O) groups excluding carboxylic acids is 2. The van der Waals surface area contributed by atoms with Gasteiger partial charge in [0.2, 0.25) is 5.91 Å². The summed E-state index contributed by atoms with van der Waals surface area (Å²) < 4.78 is 6.24. The predicted molar refractivity (Wildman–Crippen MR) is 132 cm³/mol. The van der Waals surface area contributed by atoms with Crippen molar-refractivity contribution in [2.24, 2.45) is 0 Å². The van der Waals surface area contributed by atoms with Gasteiger partial charge in [0.05, 0.1) is 10.9 Å². The molecule has 2 amide bonds. The van der Waals surface area contributed by atoms with Crippen molar-refractivity contribution in [2.75, 3.05) is 19.7 Å². The zero-order chi connectivity index (χ0) is 22.9. The molecule has 0 radical (unpaired) electrons. The molecule has 0 saturated heterocycles. The number of ether oxygens (including phenoxy) is 1. The lowest BCUT2D eigenvalue weighted by molar-refractivity contribution is -0.135. The van der Waals surface area contributed by atoms with Crippen LogP contribution in [0.15, 0.2) is 47.2 Å². The average Bonchev–Trinajstić information content (AvgIpc) is 3.28. The highest BCUT2D eigenvalue weighted by Gasteiger charge is 2.38. The molecule has 5 rings (SSSR count). The molecule has 2 aromatic heterocycles. The summed E-state index contributed by atoms with van der Waals surface area (Å²) in [5.74, 6) is 0.817. The predicted octanol–water partition coefficient (Wildman–Crippen LogP) is 5.24. The fourth-order valence-corrected chi connectivity index (χ4v) is 6.14. The quantitative estimate of drug-likeness (QED) is 0.465. The Hall–Kier alpha value is -2.64. The van der Waals surface area contributed by atoms with Gasteiger partial charge in [0.1, 0.15) is 18.9 Å². The first kappa shape index (κ1) is 22.2. The Morgan fingerprint density at radius 2 is 1.97 bits per heavy atom. The third kappa shape index (κ3) is 4.70. The molecule has 172 valence electrons. The lowest BCUT2D eigenvalue weighted by atomic mass is 10.00. The molecule has 0 N–H and O–H groups in total. The zero-order valence-corrected chi connectivity index (χ0v) is 20.6. The van der Waals surface area contributed by atoms with Crippen LogP contribution in [0.25, 0.3) is 0 Å². The van der Waals surface area contributed by atoms with Crippen LogP contribution in [0, 0.1) is 13.8 Å². The van der Waals surface area contributed by atoms with E-state index < -0.39 is 0 Å². The van der Waals surface area contributed by atoms with E-state index in [1.165, 1.54) is 27.3 Å². The summed E-state index contributed by atoms with van der Waals surface area (Å²) in [6.07, 6.45) is 2.79. The Morgan fingerprint density at radius 3 is 2.70 bits per heavy atom. The maximum Gasteiger partial charge on any atom is 0.264 e. The van der Waals surface area contributed by atoms with Gasteiger partial charge in [0.15, 0.2) is 0 Å². The molecule has 3 heterocycles. The van der Waals surface area contributed by atoms with Gasteiger partial charge in [0.25, 0.3) is 5.91 Å². The Labute approximate surface area is 202 Å². The van der Waals surface area contributed by atoms with Crippen LogP contribution in [0.5, 0.6) is 5.75 Å². The van der Waals surface area contributed by atoms with Gasteiger partial charge in [-0.05, 0) is 73.2 Å². The number of aryl methyl sites for hydroxylation is 2. The van der Waals surface area contributed by atoms with Crippen LogP contribution in [-0.2, 0) is 11.2 Å². The lowest BCUT2D eigenvalue weighted by Crippen LogP contribution is -2.48. The Kier molecular flexibility index (Phi) is 6.25. The molecule has 1 fully saturated rings. The minimum Gasteiger partial charge on any atom is -0.491 e. The van der Waals surface area contributed by atoms with Crippen molar-refractivity contribution < 1.29 is 14.3 Å². The van der Waals surface area contributed by atoms with Gasteiger partial charge >= 0.3 is 0 Å². The van der Waals surface area contributed by atoms with Gasteiger partial charge in [-0.25, -0.2) is 0 Å². The van der Waals surface area contributed by atoms with Crippen molar-refractivity contribution in [3.8, 4) is 5.75 Å². The Morgan fingerprint density at radius 1 is 1.12 bits per heavy atom. The maximum atomic E-state index is 13.6. The summed E-state index contributed by atoms with van der Waals surface area (Å²) in [6, 6.07) is 12.0. The largest absolute Gasteiger partial charge is 0.491 e. The van der Waals surface area contributed by atoms with E-state index in [4.69, 9.17) is 4.74 Å². The summed E-state index contributed by atoms with van der Waals surface area (Å²) >= 11 is 3.18. The maximum absolute atomic E-state index is 13.6. The van der Waals surface area contributed by atoms with Crippen molar-refractivity contribution >= 4 is 34.5 Å².